The van der Waals surface area contributed by atoms with Gasteiger partial charge in [-0.05, 0) is 24.1 Å². The molecule has 4 aromatic rings. The molecule has 0 aliphatic heterocycles. The standard InChI is InChI=1S/C20H21N7O2.C2HF3O2/c1-12-9-13(15-17-21-7-8-27(17)24-11-23-15)5-6-14(12)10-22-18(28)16-25-19(29-26-16)20(2,3)4;3-2(4,5)1(6)7/h5-9,11H,10H2,1-4H3,(H,22,28);(H,6,7). The minimum absolute atomic E-state index is 0.0342. The summed E-state index contributed by atoms with van der Waals surface area (Å²) in [7, 11) is 0. The largest absolute Gasteiger partial charge is 0.490 e. The number of hydrogen-bond acceptors (Lipinski definition) is 8. The third-order valence-corrected chi connectivity index (χ3v) is 4.77. The topological polar surface area (TPSA) is 148 Å². The molecule has 190 valence electrons. The van der Waals surface area contributed by atoms with Gasteiger partial charge in [-0.1, -0.05) is 38.1 Å². The van der Waals surface area contributed by atoms with Gasteiger partial charge in [-0.15, -0.1) is 0 Å². The van der Waals surface area contributed by atoms with Gasteiger partial charge in [0.2, 0.25) is 5.89 Å². The Balaban J connectivity index is 0.000000454. The van der Waals surface area contributed by atoms with Crippen LogP contribution in [0.2, 0.25) is 0 Å². The molecule has 0 saturated heterocycles. The van der Waals surface area contributed by atoms with Crippen LogP contribution in [0.1, 0.15) is 48.4 Å². The van der Waals surface area contributed by atoms with E-state index < -0.39 is 12.1 Å². The van der Waals surface area contributed by atoms with Crippen molar-refractivity contribution in [2.45, 2.75) is 45.8 Å². The van der Waals surface area contributed by atoms with Crippen LogP contribution in [0.4, 0.5) is 13.2 Å². The normalized spacial score (nSPS) is 11.6. The van der Waals surface area contributed by atoms with Crippen molar-refractivity contribution >= 4 is 17.5 Å². The molecule has 0 aliphatic carbocycles. The first kappa shape index (κ1) is 26.2. The number of nitrogens with zero attached hydrogens (tertiary/aromatic N) is 6. The number of carboxylic acid groups (broad SMARTS) is 1. The van der Waals surface area contributed by atoms with Crippen molar-refractivity contribution in [1.29, 1.82) is 0 Å². The summed E-state index contributed by atoms with van der Waals surface area (Å²) in [6.07, 6.45) is -0.113. The highest BCUT2D eigenvalue weighted by Gasteiger charge is 2.38. The Kier molecular flexibility index (Phi) is 7.36. The maximum atomic E-state index is 12.4. The van der Waals surface area contributed by atoms with Crippen molar-refractivity contribution in [3.8, 4) is 11.3 Å². The number of imidazole rings is 1. The third kappa shape index (κ3) is 6.20. The number of hydrogen-bond donors (Lipinski definition) is 2. The fraction of sp³-hybridized carbons (Fsp3) is 0.318. The zero-order valence-electron chi connectivity index (χ0n) is 19.7. The second-order valence-corrected chi connectivity index (χ2v) is 8.60. The first-order valence-corrected chi connectivity index (χ1v) is 10.4. The number of halogens is 3. The number of aromatic nitrogens is 6. The predicted molar refractivity (Wildman–Crippen MR) is 119 cm³/mol. The van der Waals surface area contributed by atoms with E-state index in [9.17, 15) is 18.0 Å². The highest BCUT2D eigenvalue weighted by Crippen LogP contribution is 2.23. The zero-order chi connectivity index (χ0) is 26.7. The Morgan fingerprint density at radius 1 is 1.17 bits per heavy atom. The second-order valence-electron chi connectivity index (χ2n) is 8.60. The molecule has 0 atom stereocenters. The van der Waals surface area contributed by atoms with E-state index in [1.165, 1.54) is 6.33 Å². The number of nitrogens with one attached hydrogen (secondary N) is 1. The van der Waals surface area contributed by atoms with Gasteiger partial charge in [0.05, 0.1) is 0 Å². The highest BCUT2D eigenvalue weighted by molar-refractivity contribution is 5.90. The summed E-state index contributed by atoms with van der Waals surface area (Å²) in [4.78, 5) is 34.1. The molecule has 0 bridgehead atoms. The fourth-order valence-corrected chi connectivity index (χ4v) is 2.88. The van der Waals surface area contributed by atoms with Crippen molar-refractivity contribution in [3.05, 3.63) is 59.8 Å². The van der Waals surface area contributed by atoms with Crippen molar-refractivity contribution in [2.75, 3.05) is 0 Å². The molecule has 3 heterocycles. The van der Waals surface area contributed by atoms with Gasteiger partial charge in [-0.2, -0.15) is 23.3 Å². The molecule has 1 amide bonds. The van der Waals surface area contributed by atoms with Crippen molar-refractivity contribution in [1.82, 2.24) is 35.0 Å². The lowest BCUT2D eigenvalue weighted by molar-refractivity contribution is -0.192. The van der Waals surface area contributed by atoms with Crippen molar-refractivity contribution < 1.29 is 32.4 Å². The summed E-state index contributed by atoms with van der Waals surface area (Å²) in [6, 6.07) is 5.94. The van der Waals surface area contributed by atoms with Gasteiger partial charge in [0.25, 0.3) is 11.7 Å². The molecule has 0 fully saturated rings. The van der Waals surface area contributed by atoms with Crippen LogP contribution in [0.3, 0.4) is 0 Å². The summed E-state index contributed by atoms with van der Waals surface area (Å²) in [5.74, 6) is -2.67. The Morgan fingerprint density at radius 3 is 2.44 bits per heavy atom. The molecule has 11 nitrogen and oxygen atoms in total. The fourth-order valence-electron chi connectivity index (χ4n) is 2.88. The Hall–Kier alpha value is -4.36. The second kappa shape index (κ2) is 10.1. The first-order chi connectivity index (χ1) is 16.8. The number of carbonyl (C=O) groups excluding carboxylic acids is 1. The van der Waals surface area contributed by atoms with Gasteiger partial charge in [0, 0.05) is 29.9 Å². The summed E-state index contributed by atoms with van der Waals surface area (Å²) >= 11 is 0. The molecule has 1 aromatic carbocycles. The molecular weight excluding hydrogens is 483 g/mol. The molecule has 0 saturated carbocycles. The monoisotopic (exact) mass is 505 g/mol. The van der Waals surface area contributed by atoms with E-state index in [2.05, 4.69) is 30.5 Å². The maximum absolute atomic E-state index is 12.4. The van der Waals surface area contributed by atoms with Gasteiger partial charge in [-0.25, -0.2) is 19.3 Å². The van der Waals surface area contributed by atoms with E-state index in [4.69, 9.17) is 14.4 Å². The van der Waals surface area contributed by atoms with Gasteiger partial charge < -0.3 is 14.9 Å². The number of alkyl halides is 3. The lowest BCUT2D eigenvalue weighted by Crippen LogP contribution is -2.24. The number of fused-ring (bicyclic) bond motifs is 1. The molecule has 3 aromatic heterocycles. The van der Waals surface area contributed by atoms with Crippen LogP contribution in [-0.2, 0) is 16.8 Å². The summed E-state index contributed by atoms with van der Waals surface area (Å²) in [5.41, 5.74) is 4.08. The predicted octanol–water partition coefficient (Wildman–Crippen LogP) is 3.34. The summed E-state index contributed by atoms with van der Waals surface area (Å²) in [5, 5.41) is 17.9. The number of aliphatic carboxylic acids is 1. The van der Waals surface area contributed by atoms with Crippen LogP contribution < -0.4 is 5.32 Å². The Bertz CT molecular complexity index is 1390. The molecule has 36 heavy (non-hydrogen) atoms. The molecule has 14 heteroatoms. The van der Waals surface area contributed by atoms with Crippen LogP contribution in [0.25, 0.3) is 16.9 Å². The summed E-state index contributed by atoms with van der Waals surface area (Å²) in [6.45, 7) is 8.18. The van der Waals surface area contributed by atoms with Crippen LogP contribution in [0.5, 0.6) is 0 Å². The maximum Gasteiger partial charge on any atom is 0.490 e. The lowest BCUT2D eigenvalue weighted by atomic mass is 9.97. The van der Waals surface area contributed by atoms with E-state index in [-0.39, 0.29) is 17.1 Å². The first-order valence-electron chi connectivity index (χ1n) is 10.4. The molecule has 4 rings (SSSR count). The van der Waals surface area contributed by atoms with Gasteiger partial charge in [0.15, 0.2) is 5.65 Å². The molecule has 2 N–H and O–H groups in total. The lowest BCUT2D eigenvalue weighted by Gasteiger charge is -2.10. The van der Waals surface area contributed by atoms with Crippen molar-refractivity contribution in [3.63, 3.8) is 0 Å². The van der Waals surface area contributed by atoms with Gasteiger partial charge >= 0.3 is 12.1 Å². The number of amides is 1. The third-order valence-electron chi connectivity index (χ3n) is 4.77. The SMILES string of the molecule is Cc1cc(-c2ncnn3ccnc23)ccc1CNC(=O)c1noc(C(C)(C)C)n1.O=C(O)C(F)(F)F. The minimum atomic E-state index is -5.08. The van der Waals surface area contributed by atoms with E-state index in [1.54, 1.807) is 16.9 Å². The molecule has 0 radical (unpaired) electrons. The van der Waals surface area contributed by atoms with Crippen LogP contribution in [0.15, 0.2) is 41.4 Å². The van der Waals surface area contributed by atoms with E-state index >= 15 is 0 Å². The Morgan fingerprint density at radius 2 is 1.86 bits per heavy atom. The van der Waals surface area contributed by atoms with Crippen LogP contribution >= 0.6 is 0 Å². The number of rotatable bonds is 4. The van der Waals surface area contributed by atoms with Gasteiger partial charge in [0.1, 0.15) is 12.0 Å². The average Bonchev–Trinajstić information content (AvgIpc) is 3.47. The molecular formula is C22H22F3N7O4. The average molecular weight is 505 g/mol. The highest BCUT2D eigenvalue weighted by atomic mass is 19.4. The van der Waals surface area contributed by atoms with Gasteiger partial charge in [-0.3, -0.25) is 4.79 Å². The number of aryl methyl sites for hydroxylation is 1. The number of carbonyl (C=O) groups is 2. The number of benzene rings is 1. The van der Waals surface area contributed by atoms with Crippen LogP contribution in [0, 0.1) is 6.92 Å². The zero-order valence-corrected chi connectivity index (χ0v) is 19.7. The number of carboxylic acids is 1. The minimum Gasteiger partial charge on any atom is -0.475 e. The molecule has 0 unspecified atom stereocenters. The molecule has 0 spiro atoms. The van der Waals surface area contributed by atoms with Crippen LogP contribution in [-0.4, -0.2) is 52.9 Å². The van der Waals surface area contributed by atoms with Crippen molar-refractivity contribution in [2.24, 2.45) is 0 Å². The summed E-state index contributed by atoms with van der Waals surface area (Å²) < 4.78 is 38.6. The quantitative estimate of drug-likeness (QED) is 0.426. The smallest absolute Gasteiger partial charge is 0.475 e. The van der Waals surface area contributed by atoms with E-state index in [0.29, 0.717) is 18.1 Å². The Labute approximate surface area is 202 Å². The molecule has 0 aliphatic rings. The van der Waals surface area contributed by atoms with E-state index in [0.717, 1.165) is 22.4 Å². The van der Waals surface area contributed by atoms with E-state index in [1.807, 2.05) is 45.9 Å².